The Morgan fingerprint density at radius 2 is 2.05 bits per heavy atom. The first-order chi connectivity index (χ1) is 10.2. The van der Waals surface area contributed by atoms with Gasteiger partial charge in [-0.15, -0.1) is 0 Å². The number of nitriles is 1. The summed E-state index contributed by atoms with van der Waals surface area (Å²) in [6.45, 7) is 4.92. The van der Waals surface area contributed by atoms with Crippen molar-refractivity contribution in [1.82, 2.24) is 9.97 Å². The molecule has 0 bridgehead atoms. The highest BCUT2D eigenvalue weighted by atomic mass is 79.9. The lowest BCUT2D eigenvalue weighted by atomic mass is 10.1. The average molecular weight is 346 g/mol. The summed E-state index contributed by atoms with van der Waals surface area (Å²) in [5.74, 6) is 1.42. The number of nitrogens with zero attached hydrogens (tertiary/aromatic N) is 3. The minimum absolute atomic E-state index is 0.609. The molecular weight excluding hydrogens is 330 g/mol. The number of halogens is 1. The van der Waals surface area contributed by atoms with Gasteiger partial charge >= 0.3 is 0 Å². The highest BCUT2D eigenvalue weighted by Crippen LogP contribution is 2.30. The van der Waals surface area contributed by atoms with Gasteiger partial charge in [-0.1, -0.05) is 13.0 Å². The molecule has 2 rings (SSSR count). The fourth-order valence-electron chi connectivity index (χ4n) is 1.78. The van der Waals surface area contributed by atoms with Crippen LogP contribution in [0, 0.1) is 18.3 Å². The topological polar surface area (TPSA) is 73.6 Å². The summed E-state index contributed by atoms with van der Waals surface area (Å²) >= 11 is 3.51. The molecule has 21 heavy (non-hydrogen) atoms. The molecule has 0 unspecified atom stereocenters. The van der Waals surface area contributed by atoms with E-state index in [1.807, 2.05) is 19.1 Å². The molecule has 108 valence electrons. The van der Waals surface area contributed by atoms with Gasteiger partial charge in [-0.2, -0.15) is 5.26 Å². The van der Waals surface area contributed by atoms with Crippen LogP contribution in [0.1, 0.15) is 24.5 Å². The van der Waals surface area contributed by atoms with Crippen LogP contribution in [-0.4, -0.2) is 16.5 Å². The van der Waals surface area contributed by atoms with Gasteiger partial charge in [0.2, 0.25) is 0 Å². The molecule has 5 nitrogen and oxygen atoms in total. The second kappa shape index (κ2) is 7.04. The molecule has 0 spiro atoms. The van der Waals surface area contributed by atoms with Crippen molar-refractivity contribution in [2.75, 3.05) is 17.2 Å². The summed E-state index contributed by atoms with van der Waals surface area (Å²) in [4.78, 5) is 8.46. The summed E-state index contributed by atoms with van der Waals surface area (Å²) in [5.41, 5.74) is 2.51. The zero-order valence-corrected chi connectivity index (χ0v) is 13.5. The minimum Gasteiger partial charge on any atom is -0.369 e. The van der Waals surface area contributed by atoms with Crippen LogP contribution in [0.5, 0.6) is 0 Å². The van der Waals surface area contributed by atoms with Gasteiger partial charge in [0.1, 0.15) is 22.4 Å². The maximum atomic E-state index is 8.99. The molecule has 0 saturated heterocycles. The number of rotatable bonds is 5. The summed E-state index contributed by atoms with van der Waals surface area (Å²) in [7, 11) is 0. The second-order valence-corrected chi connectivity index (χ2v) is 5.37. The predicted molar refractivity (Wildman–Crippen MR) is 87.7 cm³/mol. The van der Waals surface area contributed by atoms with Crippen molar-refractivity contribution in [1.29, 1.82) is 5.26 Å². The maximum Gasteiger partial charge on any atom is 0.150 e. The standard InChI is InChI=1S/C15H16BrN5/c1-3-6-18-14-13(16)15(20-9-19-14)21-12-7-11(8-17)5-4-10(12)2/h4-5,7,9H,3,6H2,1-2H3,(H2,18,19,20,21). The molecule has 0 fully saturated rings. The number of anilines is 3. The van der Waals surface area contributed by atoms with Crippen molar-refractivity contribution in [3.63, 3.8) is 0 Å². The highest BCUT2D eigenvalue weighted by molar-refractivity contribution is 9.10. The second-order valence-electron chi connectivity index (χ2n) is 4.58. The third-order valence-corrected chi connectivity index (χ3v) is 3.70. The normalized spacial score (nSPS) is 10.0. The Labute approximate surface area is 132 Å². The quantitative estimate of drug-likeness (QED) is 0.857. The van der Waals surface area contributed by atoms with Crippen molar-refractivity contribution in [2.24, 2.45) is 0 Å². The molecule has 1 aromatic heterocycles. The molecule has 0 aliphatic heterocycles. The van der Waals surface area contributed by atoms with Crippen LogP contribution >= 0.6 is 15.9 Å². The molecule has 0 aliphatic rings. The van der Waals surface area contributed by atoms with Gasteiger partial charge in [0.25, 0.3) is 0 Å². The maximum absolute atomic E-state index is 8.99. The van der Waals surface area contributed by atoms with E-state index >= 15 is 0 Å². The van der Waals surface area contributed by atoms with E-state index in [1.165, 1.54) is 6.33 Å². The molecule has 0 radical (unpaired) electrons. The van der Waals surface area contributed by atoms with Gasteiger partial charge in [-0.3, -0.25) is 0 Å². The van der Waals surface area contributed by atoms with Crippen molar-refractivity contribution < 1.29 is 0 Å². The van der Waals surface area contributed by atoms with Crippen LogP contribution in [0.3, 0.4) is 0 Å². The van der Waals surface area contributed by atoms with E-state index in [-0.39, 0.29) is 0 Å². The van der Waals surface area contributed by atoms with Crippen LogP contribution in [0.15, 0.2) is 29.0 Å². The number of aryl methyl sites for hydroxylation is 1. The Balaban J connectivity index is 2.30. The largest absolute Gasteiger partial charge is 0.369 e. The Hall–Kier alpha value is -2.13. The summed E-state index contributed by atoms with van der Waals surface area (Å²) in [6, 6.07) is 7.65. The summed E-state index contributed by atoms with van der Waals surface area (Å²) in [6.07, 6.45) is 2.52. The van der Waals surface area contributed by atoms with E-state index in [1.54, 1.807) is 6.07 Å². The van der Waals surface area contributed by atoms with Gasteiger partial charge in [0.15, 0.2) is 0 Å². The first-order valence-electron chi connectivity index (χ1n) is 6.67. The molecule has 0 aliphatic carbocycles. The van der Waals surface area contributed by atoms with E-state index in [0.717, 1.165) is 34.5 Å². The molecule has 1 heterocycles. The highest BCUT2D eigenvalue weighted by Gasteiger charge is 2.10. The molecule has 0 saturated carbocycles. The van der Waals surface area contributed by atoms with Crippen LogP contribution < -0.4 is 10.6 Å². The van der Waals surface area contributed by atoms with Gasteiger partial charge < -0.3 is 10.6 Å². The van der Waals surface area contributed by atoms with Crippen LogP contribution in [-0.2, 0) is 0 Å². The fraction of sp³-hybridized carbons (Fsp3) is 0.267. The monoisotopic (exact) mass is 345 g/mol. The zero-order chi connectivity index (χ0) is 15.2. The van der Waals surface area contributed by atoms with E-state index in [4.69, 9.17) is 5.26 Å². The summed E-state index contributed by atoms with van der Waals surface area (Å²) in [5, 5.41) is 15.5. The Kier molecular flexibility index (Phi) is 5.12. The molecule has 1 aromatic carbocycles. The Morgan fingerprint density at radius 3 is 2.76 bits per heavy atom. The first kappa shape index (κ1) is 15.3. The lowest BCUT2D eigenvalue weighted by molar-refractivity contribution is 0.962. The van der Waals surface area contributed by atoms with Crippen LogP contribution in [0.2, 0.25) is 0 Å². The van der Waals surface area contributed by atoms with Gasteiger partial charge in [0.05, 0.1) is 11.6 Å². The third kappa shape index (κ3) is 3.70. The number of nitrogens with one attached hydrogen (secondary N) is 2. The van der Waals surface area contributed by atoms with Crippen molar-refractivity contribution in [3.8, 4) is 6.07 Å². The number of hydrogen-bond donors (Lipinski definition) is 2. The van der Waals surface area contributed by atoms with Crippen molar-refractivity contribution >= 4 is 33.3 Å². The van der Waals surface area contributed by atoms with Crippen molar-refractivity contribution in [3.05, 3.63) is 40.1 Å². The SMILES string of the molecule is CCCNc1ncnc(Nc2cc(C#N)ccc2C)c1Br. The number of hydrogen-bond acceptors (Lipinski definition) is 5. The molecular formula is C15H16BrN5. The number of benzene rings is 1. The van der Waals surface area contributed by atoms with Gasteiger partial charge in [-0.05, 0) is 47.0 Å². The van der Waals surface area contributed by atoms with Gasteiger partial charge in [-0.25, -0.2) is 9.97 Å². The summed E-state index contributed by atoms with van der Waals surface area (Å²) < 4.78 is 0.778. The average Bonchev–Trinajstić information content (AvgIpc) is 2.50. The van der Waals surface area contributed by atoms with E-state index < -0.39 is 0 Å². The molecule has 6 heteroatoms. The van der Waals surface area contributed by atoms with E-state index in [2.05, 4.69) is 49.5 Å². The lowest BCUT2D eigenvalue weighted by Crippen LogP contribution is -2.05. The molecule has 0 amide bonds. The molecule has 2 N–H and O–H groups in total. The Bertz CT molecular complexity index is 678. The number of aromatic nitrogens is 2. The van der Waals surface area contributed by atoms with Crippen LogP contribution in [0.25, 0.3) is 0 Å². The van der Waals surface area contributed by atoms with Crippen LogP contribution in [0.4, 0.5) is 17.3 Å². The molecule has 0 atom stereocenters. The molecule has 2 aromatic rings. The Morgan fingerprint density at radius 1 is 1.29 bits per heavy atom. The van der Waals surface area contributed by atoms with Crippen molar-refractivity contribution in [2.45, 2.75) is 20.3 Å². The smallest absolute Gasteiger partial charge is 0.150 e. The van der Waals surface area contributed by atoms with E-state index in [9.17, 15) is 0 Å². The first-order valence-corrected chi connectivity index (χ1v) is 7.47. The zero-order valence-electron chi connectivity index (χ0n) is 11.9. The minimum atomic E-state index is 0.609. The third-order valence-electron chi connectivity index (χ3n) is 2.95. The lowest BCUT2D eigenvalue weighted by Gasteiger charge is -2.13. The van der Waals surface area contributed by atoms with E-state index in [0.29, 0.717) is 11.4 Å². The van der Waals surface area contributed by atoms with Gasteiger partial charge in [0, 0.05) is 12.2 Å². The predicted octanol–water partition coefficient (Wildman–Crippen LogP) is 3.98. The fourth-order valence-corrected chi connectivity index (χ4v) is 2.22.